The molecule has 5 aromatic carbocycles. The Morgan fingerprint density at radius 2 is 1.54 bits per heavy atom. The fourth-order valence-corrected chi connectivity index (χ4v) is 7.69. The number of aromatic nitrogens is 1. The summed E-state index contributed by atoms with van der Waals surface area (Å²) in [5.41, 5.74) is 7.96. The van der Waals surface area contributed by atoms with Gasteiger partial charge < -0.3 is 24.6 Å². The molecule has 59 heavy (non-hydrogen) atoms. The molecule has 8 rings (SSSR count). The number of ether oxygens (including phenoxy) is 3. The molecule has 12 heteroatoms. The van der Waals surface area contributed by atoms with Crippen LogP contribution in [0.4, 0.5) is 0 Å². The zero-order valence-corrected chi connectivity index (χ0v) is 33.2. The maximum absolute atomic E-state index is 14.1. The number of hydrogen-bond donors (Lipinski definition) is 2. The van der Waals surface area contributed by atoms with Crippen molar-refractivity contribution in [3.63, 3.8) is 0 Å². The molecule has 6 aromatic rings. The number of hydrogen-bond acceptors (Lipinski definition) is 8. The molecule has 1 unspecified atom stereocenters. The van der Waals surface area contributed by atoms with Crippen molar-refractivity contribution in [2.45, 2.75) is 50.7 Å². The van der Waals surface area contributed by atoms with Crippen LogP contribution in [0.15, 0.2) is 128 Å². The van der Waals surface area contributed by atoms with Crippen molar-refractivity contribution >= 4 is 35.1 Å². The normalized spacial score (nSPS) is 16.3. The zero-order valence-electron chi connectivity index (χ0n) is 31.7. The zero-order chi connectivity index (χ0) is 40.9. The standard InChI is InChI=1S/C47H38Cl2N4O6/c48-39-14-5-32(19-40(39)49)27-57-38-12-10-35(11-13-38)45-28-58-43-22-36-21-42(53(25-31-15-17-51-18-16-31)26-37(36)23-44(43)59-45)46(54)52-41(47(55)56)20-29-1-6-33(7-2-29)34-8-3-30(24-50)4-9-34/h1-19,22-23,41-42,45H,20-21,25-28H2,(H,52,54)(H,55,56)/t41-,42-,45?/m0/s1. The molecule has 0 saturated heterocycles. The Morgan fingerprint density at radius 1 is 0.847 bits per heavy atom. The van der Waals surface area contributed by atoms with Crippen LogP contribution in [0.1, 0.15) is 45.0 Å². The van der Waals surface area contributed by atoms with Crippen LogP contribution in [0, 0.1) is 11.3 Å². The molecule has 1 aromatic heterocycles. The molecular formula is C47H38Cl2N4O6. The van der Waals surface area contributed by atoms with Crippen LogP contribution in [0.5, 0.6) is 17.2 Å². The molecule has 0 fully saturated rings. The summed E-state index contributed by atoms with van der Waals surface area (Å²) in [6, 6.07) is 36.0. The van der Waals surface area contributed by atoms with E-state index in [9.17, 15) is 14.7 Å². The van der Waals surface area contributed by atoms with Crippen LogP contribution in [-0.4, -0.2) is 45.6 Å². The molecule has 2 aliphatic heterocycles. The molecule has 10 nitrogen and oxygen atoms in total. The SMILES string of the molecule is N#Cc1ccc(-c2ccc(C[C@H](NC(=O)[C@@H]3Cc4cc5c(cc4CN3Cc3ccncc3)OC(c3ccc(OCc4ccc(Cl)c(Cl)c4)cc3)CO5)C(=O)O)cc2)cc1. The minimum Gasteiger partial charge on any atom is -0.489 e. The van der Waals surface area contributed by atoms with E-state index < -0.39 is 18.1 Å². The Hall–Kier alpha value is -6.38. The van der Waals surface area contributed by atoms with Crippen molar-refractivity contribution in [3.05, 3.63) is 177 Å². The number of carboxylic acid groups (broad SMARTS) is 1. The number of amides is 1. The monoisotopic (exact) mass is 824 g/mol. The lowest BCUT2D eigenvalue weighted by Crippen LogP contribution is -2.54. The van der Waals surface area contributed by atoms with Gasteiger partial charge in [0.15, 0.2) is 17.6 Å². The molecule has 2 N–H and O–H groups in total. The summed E-state index contributed by atoms with van der Waals surface area (Å²) in [5.74, 6) is 0.416. The molecule has 0 bridgehead atoms. The molecule has 0 saturated carbocycles. The highest BCUT2D eigenvalue weighted by molar-refractivity contribution is 6.42. The number of carboxylic acids is 1. The van der Waals surface area contributed by atoms with Gasteiger partial charge >= 0.3 is 5.97 Å². The van der Waals surface area contributed by atoms with Gasteiger partial charge in [-0.25, -0.2) is 4.79 Å². The van der Waals surface area contributed by atoms with Crippen molar-refractivity contribution in [3.8, 4) is 34.4 Å². The quantitative estimate of drug-likeness (QED) is 0.124. The van der Waals surface area contributed by atoms with Gasteiger partial charge in [0.1, 0.15) is 25.0 Å². The van der Waals surface area contributed by atoms with Gasteiger partial charge in [0.25, 0.3) is 0 Å². The first-order valence-corrected chi connectivity index (χ1v) is 19.8. The van der Waals surface area contributed by atoms with E-state index in [-0.39, 0.29) is 18.4 Å². The van der Waals surface area contributed by atoms with Crippen LogP contribution in [0.3, 0.4) is 0 Å². The number of rotatable bonds is 12. The number of nitrogens with zero attached hydrogens (tertiary/aromatic N) is 3. The number of nitrogens with one attached hydrogen (secondary N) is 1. The molecule has 2 aliphatic rings. The maximum Gasteiger partial charge on any atom is 0.326 e. The average molecular weight is 826 g/mol. The molecule has 1 amide bonds. The molecule has 0 radical (unpaired) electrons. The first kappa shape index (κ1) is 39.4. The van der Waals surface area contributed by atoms with Gasteiger partial charge in [0.2, 0.25) is 5.91 Å². The third kappa shape index (κ3) is 9.35. The summed E-state index contributed by atoms with van der Waals surface area (Å²) in [5, 5.41) is 23.2. The van der Waals surface area contributed by atoms with Gasteiger partial charge in [0.05, 0.1) is 27.7 Å². The summed E-state index contributed by atoms with van der Waals surface area (Å²) in [6.45, 7) is 1.51. The number of carbonyl (C=O) groups excluding carboxylic acids is 1. The lowest BCUT2D eigenvalue weighted by molar-refractivity contribution is -0.142. The summed E-state index contributed by atoms with van der Waals surface area (Å²) >= 11 is 12.2. The van der Waals surface area contributed by atoms with E-state index in [0.29, 0.717) is 65.6 Å². The Balaban J connectivity index is 0.955. The van der Waals surface area contributed by atoms with Crippen LogP contribution in [0.2, 0.25) is 10.0 Å². The van der Waals surface area contributed by atoms with Crippen molar-refractivity contribution in [2.24, 2.45) is 0 Å². The van der Waals surface area contributed by atoms with E-state index >= 15 is 0 Å². The van der Waals surface area contributed by atoms with E-state index in [1.165, 1.54) is 0 Å². The van der Waals surface area contributed by atoms with Crippen LogP contribution in [0.25, 0.3) is 11.1 Å². The van der Waals surface area contributed by atoms with Crippen LogP contribution >= 0.6 is 23.2 Å². The second kappa shape index (κ2) is 17.6. The van der Waals surface area contributed by atoms with E-state index in [2.05, 4.69) is 21.3 Å². The minimum absolute atomic E-state index is 0.108. The van der Waals surface area contributed by atoms with E-state index in [1.54, 1.807) is 36.7 Å². The van der Waals surface area contributed by atoms with Crippen molar-refractivity contribution < 1.29 is 28.9 Å². The second-order valence-corrected chi connectivity index (χ2v) is 15.4. The topological polar surface area (TPSA) is 134 Å². The third-order valence-electron chi connectivity index (χ3n) is 10.6. The number of halogens is 2. The Labute approximate surface area is 351 Å². The summed E-state index contributed by atoms with van der Waals surface area (Å²) < 4.78 is 18.7. The first-order valence-electron chi connectivity index (χ1n) is 19.1. The highest BCUT2D eigenvalue weighted by Crippen LogP contribution is 2.41. The van der Waals surface area contributed by atoms with Gasteiger partial charge in [-0.2, -0.15) is 5.26 Å². The second-order valence-electron chi connectivity index (χ2n) is 14.6. The molecule has 0 aliphatic carbocycles. The average Bonchev–Trinajstić information content (AvgIpc) is 3.26. The number of nitriles is 1. The first-order chi connectivity index (χ1) is 28.7. The number of carbonyl (C=O) groups is 2. The van der Waals surface area contributed by atoms with E-state index in [1.807, 2.05) is 91.0 Å². The number of aliphatic carboxylic acids is 1. The number of fused-ring (bicyclic) bond motifs is 2. The fraction of sp³-hybridized carbons (Fsp3) is 0.191. The van der Waals surface area contributed by atoms with Gasteiger partial charge in [-0.1, -0.05) is 77.8 Å². The van der Waals surface area contributed by atoms with E-state index in [4.69, 9.17) is 42.7 Å². The molecule has 3 atom stereocenters. The molecule has 3 heterocycles. The Kier molecular flexibility index (Phi) is 11.8. The highest BCUT2D eigenvalue weighted by Gasteiger charge is 2.36. The fourth-order valence-electron chi connectivity index (χ4n) is 7.37. The molecule has 0 spiro atoms. The largest absolute Gasteiger partial charge is 0.489 e. The Morgan fingerprint density at radius 3 is 2.24 bits per heavy atom. The smallest absolute Gasteiger partial charge is 0.326 e. The predicted molar refractivity (Wildman–Crippen MR) is 223 cm³/mol. The highest BCUT2D eigenvalue weighted by atomic mass is 35.5. The van der Waals surface area contributed by atoms with Gasteiger partial charge in [-0.3, -0.25) is 14.7 Å². The lowest BCUT2D eigenvalue weighted by Gasteiger charge is -2.37. The Bertz CT molecular complexity index is 2510. The van der Waals surface area contributed by atoms with Crippen LogP contribution < -0.4 is 19.5 Å². The van der Waals surface area contributed by atoms with Crippen molar-refractivity contribution in [1.29, 1.82) is 5.26 Å². The van der Waals surface area contributed by atoms with Crippen molar-refractivity contribution in [2.75, 3.05) is 6.61 Å². The number of pyridine rings is 1. The van der Waals surface area contributed by atoms with E-state index in [0.717, 1.165) is 44.5 Å². The summed E-state index contributed by atoms with van der Waals surface area (Å²) in [7, 11) is 0. The predicted octanol–water partition coefficient (Wildman–Crippen LogP) is 8.76. The molecule has 296 valence electrons. The summed E-state index contributed by atoms with van der Waals surface area (Å²) in [6.07, 6.45) is 3.54. The van der Waals surface area contributed by atoms with Gasteiger partial charge in [0, 0.05) is 31.9 Å². The van der Waals surface area contributed by atoms with Crippen LogP contribution in [-0.2, 0) is 42.1 Å². The minimum atomic E-state index is -1.15. The molecular weight excluding hydrogens is 787 g/mol. The van der Waals surface area contributed by atoms with Crippen molar-refractivity contribution in [1.82, 2.24) is 15.2 Å². The lowest BCUT2D eigenvalue weighted by atomic mass is 9.91. The summed E-state index contributed by atoms with van der Waals surface area (Å²) in [4.78, 5) is 32.9. The number of benzene rings is 5. The maximum atomic E-state index is 14.1. The van der Waals surface area contributed by atoms with Gasteiger partial charge in [-0.05, 0) is 112 Å². The third-order valence-corrected chi connectivity index (χ3v) is 11.3. The van der Waals surface area contributed by atoms with Gasteiger partial charge in [-0.15, -0.1) is 0 Å².